The van der Waals surface area contributed by atoms with Crippen LogP contribution in [-0.4, -0.2) is 58.0 Å². The number of sulfonamides is 1. The van der Waals surface area contributed by atoms with Crippen LogP contribution in [0.15, 0.2) is 35.2 Å². The van der Waals surface area contributed by atoms with Gasteiger partial charge >= 0.3 is 0 Å². The van der Waals surface area contributed by atoms with Crippen molar-refractivity contribution in [1.29, 1.82) is 0 Å². The van der Waals surface area contributed by atoms with E-state index in [1.165, 1.54) is 0 Å². The van der Waals surface area contributed by atoms with Crippen molar-refractivity contribution < 1.29 is 17.9 Å². The molecule has 1 aromatic rings. The Labute approximate surface area is 179 Å². The highest BCUT2D eigenvalue weighted by molar-refractivity contribution is 7.89. The van der Waals surface area contributed by atoms with Gasteiger partial charge in [0, 0.05) is 32.1 Å². The quantitative estimate of drug-likeness (QED) is 0.722. The Morgan fingerprint density at radius 1 is 1.03 bits per heavy atom. The van der Waals surface area contributed by atoms with E-state index >= 15 is 0 Å². The summed E-state index contributed by atoms with van der Waals surface area (Å²) in [5, 5.41) is 3.05. The minimum Gasteiger partial charge on any atom is -0.378 e. The van der Waals surface area contributed by atoms with Gasteiger partial charge in [-0.3, -0.25) is 4.79 Å². The molecule has 0 aromatic heterocycles. The lowest BCUT2D eigenvalue weighted by Crippen LogP contribution is -2.37. The van der Waals surface area contributed by atoms with Gasteiger partial charge in [0.25, 0.3) is 0 Å². The van der Waals surface area contributed by atoms with Crippen LogP contribution in [0.1, 0.15) is 38.5 Å². The van der Waals surface area contributed by atoms with E-state index in [-0.39, 0.29) is 16.7 Å². The molecule has 8 heteroatoms. The van der Waals surface area contributed by atoms with Gasteiger partial charge in [-0.25, -0.2) is 8.42 Å². The van der Waals surface area contributed by atoms with Crippen LogP contribution in [0.25, 0.3) is 0 Å². The highest BCUT2D eigenvalue weighted by atomic mass is 32.2. The van der Waals surface area contributed by atoms with Gasteiger partial charge in [-0.05, 0) is 50.3 Å². The lowest BCUT2D eigenvalue weighted by molar-refractivity contribution is -0.120. The minimum atomic E-state index is -3.57. The number of morpholine rings is 1. The van der Waals surface area contributed by atoms with Crippen LogP contribution in [0.4, 0.5) is 11.4 Å². The SMILES string of the molecule is O=C(Nc1cc(S(=O)(=O)N2CCCCC2)ccc1N1CCOCC1)C1CC=CCC1. The third-order valence-corrected chi connectivity index (χ3v) is 8.06. The van der Waals surface area contributed by atoms with Gasteiger partial charge in [-0.2, -0.15) is 4.31 Å². The highest BCUT2D eigenvalue weighted by Crippen LogP contribution is 2.32. The summed E-state index contributed by atoms with van der Waals surface area (Å²) in [5.41, 5.74) is 1.44. The van der Waals surface area contributed by atoms with Crippen molar-refractivity contribution in [1.82, 2.24) is 4.31 Å². The molecule has 30 heavy (non-hydrogen) atoms. The number of nitrogens with one attached hydrogen (secondary N) is 1. The van der Waals surface area contributed by atoms with Gasteiger partial charge < -0.3 is 15.0 Å². The molecule has 0 bridgehead atoms. The molecular formula is C22H31N3O4S. The second-order valence-corrected chi connectivity index (χ2v) is 10.2. The Morgan fingerprint density at radius 3 is 2.50 bits per heavy atom. The third-order valence-electron chi connectivity index (χ3n) is 6.17. The average molecular weight is 434 g/mol. The van der Waals surface area contributed by atoms with Gasteiger partial charge in [0.1, 0.15) is 0 Å². The number of nitrogens with zero attached hydrogens (tertiary/aromatic N) is 2. The molecule has 1 unspecified atom stereocenters. The maximum Gasteiger partial charge on any atom is 0.243 e. The van der Waals surface area contributed by atoms with Crippen LogP contribution < -0.4 is 10.2 Å². The lowest BCUT2D eigenvalue weighted by Gasteiger charge is -2.32. The normalized spacial score (nSPS) is 23.3. The van der Waals surface area contributed by atoms with Gasteiger partial charge in [0.05, 0.1) is 29.5 Å². The standard InChI is InChI=1S/C22H31N3O4S/c26-22(18-7-3-1-4-8-18)23-20-17-19(30(27,28)25-11-5-2-6-12-25)9-10-21(20)24-13-15-29-16-14-24/h1,3,9-10,17-18H,2,4-8,11-16H2,(H,23,26). The van der Waals surface area contributed by atoms with Crippen molar-refractivity contribution >= 4 is 27.3 Å². The first-order valence-corrected chi connectivity index (χ1v) is 12.4. The molecule has 1 atom stereocenters. The number of benzene rings is 1. The fourth-order valence-electron chi connectivity index (χ4n) is 4.38. The molecule has 1 amide bonds. The molecule has 7 nitrogen and oxygen atoms in total. The number of hydrogen-bond donors (Lipinski definition) is 1. The van der Waals surface area contributed by atoms with Gasteiger partial charge in [-0.15, -0.1) is 0 Å². The van der Waals surface area contributed by atoms with Crippen LogP contribution in [0.2, 0.25) is 0 Å². The fraction of sp³-hybridized carbons (Fsp3) is 0.591. The summed E-state index contributed by atoms with van der Waals surface area (Å²) in [6, 6.07) is 5.15. The first-order chi connectivity index (χ1) is 14.6. The maximum atomic E-state index is 13.2. The molecule has 1 aliphatic carbocycles. The summed E-state index contributed by atoms with van der Waals surface area (Å²) in [6.07, 6.45) is 9.46. The summed E-state index contributed by atoms with van der Waals surface area (Å²) in [4.78, 5) is 15.3. The minimum absolute atomic E-state index is 0.0404. The number of rotatable bonds is 5. The van der Waals surface area contributed by atoms with Gasteiger partial charge in [-0.1, -0.05) is 18.6 Å². The molecule has 3 aliphatic rings. The highest BCUT2D eigenvalue weighted by Gasteiger charge is 2.28. The molecular weight excluding hydrogens is 402 g/mol. The molecule has 0 spiro atoms. The monoisotopic (exact) mass is 433 g/mol. The second-order valence-electron chi connectivity index (χ2n) is 8.21. The van der Waals surface area contributed by atoms with E-state index in [4.69, 9.17) is 4.74 Å². The summed E-state index contributed by atoms with van der Waals surface area (Å²) in [5.74, 6) is -0.115. The fourth-order valence-corrected chi connectivity index (χ4v) is 5.92. The van der Waals surface area contributed by atoms with E-state index in [0.717, 1.165) is 44.2 Å². The van der Waals surface area contributed by atoms with Gasteiger partial charge in [0.15, 0.2) is 0 Å². The number of carbonyl (C=O) groups is 1. The molecule has 0 saturated carbocycles. The maximum absolute atomic E-state index is 13.2. The molecule has 2 heterocycles. The van der Waals surface area contributed by atoms with Crippen LogP contribution >= 0.6 is 0 Å². The molecule has 1 aromatic carbocycles. The number of hydrogen-bond acceptors (Lipinski definition) is 5. The Balaban J connectivity index is 1.63. The largest absolute Gasteiger partial charge is 0.378 e. The number of anilines is 2. The average Bonchev–Trinajstić information content (AvgIpc) is 2.81. The van der Waals surface area contributed by atoms with Crippen molar-refractivity contribution in [3.63, 3.8) is 0 Å². The summed E-state index contributed by atoms with van der Waals surface area (Å²) >= 11 is 0. The third kappa shape index (κ3) is 4.71. The van der Waals surface area contributed by atoms with Crippen LogP contribution in [-0.2, 0) is 19.6 Å². The van der Waals surface area contributed by atoms with E-state index in [9.17, 15) is 13.2 Å². The number of carbonyl (C=O) groups excluding carboxylic acids is 1. The zero-order valence-corrected chi connectivity index (χ0v) is 18.2. The molecule has 2 fully saturated rings. The Kier molecular flexibility index (Phi) is 6.75. The Hall–Kier alpha value is -1.90. The first-order valence-electron chi connectivity index (χ1n) is 11.0. The summed E-state index contributed by atoms with van der Waals surface area (Å²) < 4.78 is 33.4. The van der Waals surface area contributed by atoms with Gasteiger partial charge in [0.2, 0.25) is 15.9 Å². The van der Waals surface area contributed by atoms with E-state index < -0.39 is 10.0 Å². The van der Waals surface area contributed by atoms with Crippen LogP contribution in [0, 0.1) is 5.92 Å². The Bertz CT molecular complexity index is 888. The molecule has 0 radical (unpaired) electrons. The van der Waals surface area contributed by atoms with E-state index in [2.05, 4.69) is 16.3 Å². The summed E-state index contributed by atoms with van der Waals surface area (Å²) in [6.45, 7) is 3.79. The first kappa shape index (κ1) is 21.3. The van der Waals surface area contributed by atoms with Crippen molar-refractivity contribution in [2.45, 2.75) is 43.4 Å². The predicted octanol–water partition coefficient (Wildman–Crippen LogP) is 2.99. The number of allylic oxidation sites excluding steroid dienone is 2. The smallest absolute Gasteiger partial charge is 0.243 e. The van der Waals surface area contributed by atoms with Crippen LogP contribution in [0.3, 0.4) is 0 Å². The number of piperidine rings is 1. The van der Waals surface area contributed by atoms with E-state index in [1.807, 2.05) is 12.1 Å². The van der Waals surface area contributed by atoms with E-state index in [0.29, 0.717) is 45.1 Å². The van der Waals surface area contributed by atoms with Crippen molar-refractivity contribution in [3.8, 4) is 0 Å². The second kappa shape index (κ2) is 9.49. The van der Waals surface area contributed by atoms with E-state index in [1.54, 1.807) is 16.4 Å². The van der Waals surface area contributed by atoms with Crippen LogP contribution in [0.5, 0.6) is 0 Å². The molecule has 1 N–H and O–H groups in total. The number of ether oxygens (including phenoxy) is 1. The topological polar surface area (TPSA) is 79.0 Å². The summed E-state index contributed by atoms with van der Waals surface area (Å²) in [7, 11) is -3.57. The van der Waals surface area contributed by atoms with Crippen molar-refractivity contribution in [2.24, 2.45) is 5.92 Å². The molecule has 2 saturated heterocycles. The zero-order valence-electron chi connectivity index (χ0n) is 17.4. The molecule has 4 rings (SSSR count). The van der Waals surface area contributed by atoms with Crippen molar-refractivity contribution in [3.05, 3.63) is 30.4 Å². The zero-order chi connectivity index (χ0) is 21.0. The Morgan fingerprint density at radius 2 is 1.80 bits per heavy atom. The van der Waals surface area contributed by atoms with Crippen molar-refractivity contribution in [2.75, 3.05) is 49.6 Å². The lowest BCUT2D eigenvalue weighted by atomic mass is 9.93. The number of amides is 1. The predicted molar refractivity (Wildman–Crippen MR) is 117 cm³/mol. The molecule has 164 valence electrons. The molecule has 2 aliphatic heterocycles.